The van der Waals surface area contributed by atoms with E-state index in [1.165, 1.54) is 0 Å². The second-order valence-electron chi connectivity index (χ2n) is 6.19. The fourth-order valence-corrected chi connectivity index (χ4v) is 2.84. The molecule has 1 aromatic rings. The summed E-state index contributed by atoms with van der Waals surface area (Å²) in [7, 11) is 0. The summed E-state index contributed by atoms with van der Waals surface area (Å²) in [6.45, 7) is 5.04. The minimum Gasteiger partial charge on any atom is -0.379 e. The van der Waals surface area contributed by atoms with E-state index in [0.29, 0.717) is 38.4 Å². The highest BCUT2D eigenvalue weighted by molar-refractivity contribution is 6.39. The largest absolute Gasteiger partial charge is 0.379 e. The molecule has 3 rings (SSSR count). The van der Waals surface area contributed by atoms with Crippen molar-refractivity contribution in [3.63, 3.8) is 0 Å². The lowest BCUT2D eigenvalue weighted by atomic mass is 10.1. The molecule has 0 saturated carbocycles. The maximum atomic E-state index is 12.3. The average molecular weight is 350 g/mol. The lowest BCUT2D eigenvalue weighted by molar-refractivity contribution is -0.122. The Bertz CT molecular complexity index is 665. The summed E-state index contributed by atoms with van der Waals surface area (Å²) in [5, 5.41) is 10.6. The van der Waals surface area contributed by atoms with Gasteiger partial charge in [0.05, 0.1) is 31.1 Å². The van der Waals surface area contributed by atoms with Gasteiger partial charge < -0.3 is 19.3 Å². The Morgan fingerprint density at radius 2 is 2.24 bits per heavy atom. The fourth-order valence-electron chi connectivity index (χ4n) is 2.84. The Hall–Kier alpha value is -2.26. The summed E-state index contributed by atoms with van der Waals surface area (Å²) in [6, 6.07) is -0.276. The van der Waals surface area contributed by atoms with Gasteiger partial charge in [-0.3, -0.25) is 9.59 Å². The molecule has 2 aliphatic heterocycles. The minimum absolute atomic E-state index is 0.176. The second kappa shape index (κ2) is 7.75. The van der Waals surface area contributed by atoms with E-state index in [9.17, 15) is 9.59 Å². The van der Waals surface area contributed by atoms with Crippen LogP contribution in [0.4, 0.5) is 0 Å². The van der Waals surface area contributed by atoms with Crippen molar-refractivity contribution >= 4 is 17.5 Å². The number of carbonyl (C=O) groups excluding carboxylic acids is 2. The molecule has 0 unspecified atom stereocenters. The normalized spacial score (nSPS) is 23.8. The average Bonchev–Trinajstić information content (AvgIpc) is 2.93. The maximum Gasteiger partial charge on any atom is 0.267 e. The number of hydrazone groups is 1. The highest BCUT2D eigenvalue weighted by Crippen LogP contribution is 2.18. The van der Waals surface area contributed by atoms with Crippen molar-refractivity contribution in [2.24, 2.45) is 5.10 Å². The number of nitrogens with zero attached hydrogens (tertiary/aromatic N) is 2. The molecule has 3 heterocycles. The van der Waals surface area contributed by atoms with Gasteiger partial charge in [-0.15, -0.1) is 0 Å². The van der Waals surface area contributed by atoms with Crippen molar-refractivity contribution in [2.75, 3.05) is 13.2 Å². The van der Waals surface area contributed by atoms with Gasteiger partial charge in [-0.1, -0.05) is 5.16 Å². The number of nitrogens with one attached hydrogen (secondary N) is 2. The lowest BCUT2D eigenvalue weighted by Crippen LogP contribution is -2.52. The van der Waals surface area contributed by atoms with Crippen LogP contribution in [0, 0.1) is 13.8 Å². The number of aromatic nitrogens is 1. The first-order chi connectivity index (χ1) is 12.0. The Morgan fingerprint density at radius 3 is 2.92 bits per heavy atom. The molecule has 136 valence electrons. The molecule has 2 aliphatic rings. The molecule has 9 nitrogen and oxygen atoms in total. The maximum absolute atomic E-state index is 12.3. The molecule has 2 N–H and O–H groups in total. The molecule has 0 bridgehead atoms. The van der Waals surface area contributed by atoms with Gasteiger partial charge in [-0.25, -0.2) is 5.43 Å². The first-order valence-corrected chi connectivity index (χ1v) is 8.32. The molecule has 0 aliphatic carbocycles. The molecular weight excluding hydrogens is 328 g/mol. The summed E-state index contributed by atoms with van der Waals surface area (Å²) in [5.41, 5.74) is 4.37. The predicted molar refractivity (Wildman–Crippen MR) is 86.7 cm³/mol. The van der Waals surface area contributed by atoms with Crippen molar-refractivity contribution in [2.45, 2.75) is 51.9 Å². The minimum atomic E-state index is -0.304. The SMILES string of the molecule is Cc1noc(C)c1CO[C@@H]1CCOC[C@@H]1NC(=O)C1=NNC(=O)CC1. The van der Waals surface area contributed by atoms with Crippen molar-refractivity contribution in [3.05, 3.63) is 17.0 Å². The zero-order valence-corrected chi connectivity index (χ0v) is 14.3. The first kappa shape index (κ1) is 17.6. The topological polar surface area (TPSA) is 115 Å². The molecule has 25 heavy (non-hydrogen) atoms. The first-order valence-electron chi connectivity index (χ1n) is 8.32. The summed E-state index contributed by atoms with van der Waals surface area (Å²) >= 11 is 0. The molecule has 2 atom stereocenters. The number of amides is 2. The van der Waals surface area contributed by atoms with Gasteiger partial charge in [0.1, 0.15) is 11.5 Å². The third-order valence-electron chi connectivity index (χ3n) is 4.40. The van der Waals surface area contributed by atoms with Crippen LogP contribution in [-0.4, -0.2) is 48.0 Å². The van der Waals surface area contributed by atoms with Gasteiger partial charge in [-0.2, -0.15) is 5.10 Å². The zero-order valence-electron chi connectivity index (χ0n) is 14.3. The number of aryl methyl sites for hydroxylation is 2. The van der Waals surface area contributed by atoms with Gasteiger partial charge in [0.25, 0.3) is 5.91 Å². The van der Waals surface area contributed by atoms with Crippen molar-refractivity contribution in [1.29, 1.82) is 0 Å². The number of hydrogen-bond acceptors (Lipinski definition) is 7. The third-order valence-corrected chi connectivity index (χ3v) is 4.40. The molecule has 1 aromatic heterocycles. The smallest absolute Gasteiger partial charge is 0.267 e. The van der Waals surface area contributed by atoms with Crippen molar-refractivity contribution in [3.8, 4) is 0 Å². The molecule has 0 radical (unpaired) electrons. The summed E-state index contributed by atoms with van der Waals surface area (Å²) in [6.07, 6.45) is 1.09. The Morgan fingerprint density at radius 1 is 1.40 bits per heavy atom. The number of carbonyl (C=O) groups is 2. The van der Waals surface area contributed by atoms with Gasteiger partial charge >= 0.3 is 0 Å². The summed E-state index contributed by atoms with van der Waals surface area (Å²) < 4.78 is 16.6. The van der Waals surface area contributed by atoms with Gasteiger partial charge in [0, 0.05) is 25.0 Å². The molecule has 9 heteroatoms. The van der Waals surface area contributed by atoms with E-state index in [0.717, 1.165) is 17.0 Å². The van der Waals surface area contributed by atoms with Crippen LogP contribution < -0.4 is 10.7 Å². The Balaban J connectivity index is 1.59. The van der Waals surface area contributed by atoms with E-state index in [1.807, 2.05) is 13.8 Å². The van der Waals surface area contributed by atoms with E-state index in [4.69, 9.17) is 14.0 Å². The van der Waals surface area contributed by atoms with Crippen LogP contribution in [0.1, 0.15) is 36.3 Å². The van der Waals surface area contributed by atoms with Crippen LogP contribution in [0.2, 0.25) is 0 Å². The Labute approximate surface area is 145 Å². The summed E-state index contributed by atoms with van der Waals surface area (Å²) in [5.74, 6) is 0.247. The van der Waals surface area contributed by atoms with E-state index >= 15 is 0 Å². The highest BCUT2D eigenvalue weighted by atomic mass is 16.5. The highest BCUT2D eigenvalue weighted by Gasteiger charge is 2.30. The van der Waals surface area contributed by atoms with Gasteiger partial charge in [0.2, 0.25) is 5.91 Å². The lowest BCUT2D eigenvalue weighted by Gasteiger charge is -2.32. The van der Waals surface area contributed by atoms with Crippen LogP contribution in [0.5, 0.6) is 0 Å². The monoisotopic (exact) mass is 350 g/mol. The van der Waals surface area contributed by atoms with E-state index in [2.05, 4.69) is 21.0 Å². The van der Waals surface area contributed by atoms with Crippen LogP contribution in [0.3, 0.4) is 0 Å². The number of rotatable bonds is 5. The molecule has 1 saturated heterocycles. The number of ether oxygens (including phenoxy) is 2. The van der Waals surface area contributed by atoms with Crippen LogP contribution >= 0.6 is 0 Å². The van der Waals surface area contributed by atoms with E-state index in [-0.39, 0.29) is 30.4 Å². The molecule has 0 aromatic carbocycles. The predicted octanol–water partition coefficient (Wildman–Crippen LogP) is 0.348. The second-order valence-corrected chi connectivity index (χ2v) is 6.19. The van der Waals surface area contributed by atoms with Crippen molar-refractivity contribution < 1.29 is 23.6 Å². The van der Waals surface area contributed by atoms with Crippen LogP contribution in [0.15, 0.2) is 9.62 Å². The molecule has 1 fully saturated rings. The van der Waals surface area contributed by atoms with Crippen LogP contribution in [0.25, 0.3) is 0 Å². The number of hydrogen-bond donors (Lipinski definition) is 2. The van der Waals surface area contributed by atoms with E-state index in [1.54, 1.807) is 0 Å². The molecular formula is C16H22N4O5. The molecule has 2 amide bonds. The Kier molecular flexibility index (Phi) is 5.44. The van der Waals surface area contributed by atoms with E-state index < -0.39 is 0 Å². The fraction of sp³-hybridized carbons (Fsp3) is 0.625. The van der Waals surface area contributed by atoms with Gasteiger partial charge in [0.15, 0.2) is 0 Å². The standard InChI is InChI=1S/C16H22N4O5/c1-9-11(10(2)25-20-9)7-24-14-5-6-23-8-13(14)17-16(22)12-3-4-15(21)19-18-12/h13-14H,3-8H2,1-2H3,(H,17,22)(H,19,21)/t13-,14+/m0/s1. The summed E-state index contributed by atoms with van der Waals surface area (Å²) in [4.78, 5) is 23.5. The molecule has 0 spiro atoms. The van der Waals surface area contributed by atoms with Crippen LogP contribution in [-0.2, 0) is 25.7 Å². The van der Waals surface area contributed by atoms with Gasteiger partial charge in [-0.05, 0) is 20.3 Å². The third kappa shape index (κ3) is 4.23. The quantitative estimate of drug-likeness (QED) is 0.792. The van der Waals surface area contributed by atoms with Crippen molar-refractivity contribution in [1.82, 2.24) is 15.9 Å². The zero-order chi connectivity index (χ0) is 17.8.